The Morgan fingerprint density at radius 2 is 1.65 bits per heavy atom. The number of aromatic nitrogens is 4. The Morgan fingerprint density at radius 1 is 0.979 bits per heavy atom. The van der Waals surface area contributed by atoms with Gasteiger partial charge < -0.3 is 14.2 Å². The molecule has 0 N–H and O–H groups in total. The highest BCUT2D eigenvalue weighted by Crippen LogP contribution is 2.38. The van der Waals surface area contributed by atoms with Crippen LogP contribution in [0.2, 0.25) is 0 Å². The van der Waals surface area contributed by atoms with E-state index in [1.807, 2.05) is 44.2 Å². The van der Waals surface area contributed by atoms with E-state index in [1.165, 1.54) is 17.0 Å². The van der Waals surface area contributed by atoms with Gasteiger partial charge in [-0.25, -0.2) is 9.59 Å². The van der Waals surface area contributed by atoms with Gasteiger partial charge in [-0.2, -0.15) is 17.9 Å². The number of ether oxygens (including phenoxy) is 3. The first-order valence-electron chi connectivity index (χ1n) is 16.0. The quantitative estimate of drug-likeness (QED) is 0.240. The predicted molar refractivity (Wildman–Crippen MR) is 171 cm³/mol. The van der Waals surface area contributed by atoms with Crippen molar-refractivity contribution in [3.05, 3.63) is 65.5 Å². The Labute approximate surface area is 279 Å². The van der Waals surface area contributed by atoms with Gasteiger partial charge in [0.25, 0.3) is 5.82 Å². The van der Waals surface area contributed by atoms with Crippen LogP contribution in [-0.4, -0.2) is 72.6 Å². The van der Waals surface area contributed by atoms with Crippen molar-refractivity contribution in [1.82, 2.24) is 30.0 Å². The van der Waals surface area contributed by atoms with Crippen molar-refractivity contribution in [1.29, 1.82) is 0 Å². The molecule has 0 unspecified atom stereocenters. The largest absolute Gasteiger partial charge is 0.493 e. The Hall–Kier alpha value is -4.36. The van der Waals surface area contributed by atoms with Crippen molar-refractivity contribution in [2.75, 3.05) is 13.2 Å². The lowest BCUT2D eigenvalue weighted by Crippen LogP contribution is -2.54. The highest BCUT2D eigenvalue weighted by molar-refractivity contribution is 5.71. The maximum Gasteiger partial charge on any atom is 0.453 e. The van der Waals surface area contributed by atoms with Crippen LogP contribution in [-0.2, 0) is 22.2 Å². The molecule has 2 atom stereocenters. The molecule has 262 valence electrons. The van der Waals surface area contributed by atoms with Gasteiger partial charge in [0.15, 0.2) is 0 Å². The highest BCUT2D eigenvalue weighted by atomic mass is 19.4. The molecular formula is C34H45F3N6O5. The molecule has 1 saturated heterocycles. The Morgan fingerprint density at radius 3 is 2.25 bits per heavy atom. The second-order valence-electron chi connectivity index (χ2n) is 14.3. The Bertz CT molecular complexity index is 1550. The van der Waals surface area contributed by atoms with E-state index in [0.29, 0.717) is 42.0 Å². The van der Waals surface area contributed by atoms with E-state index < -0.39 is 47.5 Å². The fourth-order valence-corrected chi connectivity index (χ4v) is 5.46. The fourth-order valence-electron chi connectivity index (χ4n) is 5.46. The first kappa shape index (κ1) is 36.5. The Kier molecular flexibility index (Phi) is 10.9. The van der Waals surface area contributed by atoms with Crippen LogP contribution in [0.5, 0.6) is 5.75 Å². The van der Waals surface area contributed by atoms with Gasteiger partial charge in [0.05, 0.1) is 30.9 Å². The molecule has 0 aliphatic carbocycles. The molecule has 14 heteroatoms. The van der Waals surface area contributed by atoms with Crippen LogP contribution in [0.4, 0.5) is 22.8 Å². The summed E-state index contributed by atoms with van der Waals surface area (Å²) in [7, 11) is 0. The number of carbonyl (C=O) groups excluding carboxylic acids is 2. The van der Waals surface area contributed by atoms with Gasteiger partial charge in [-0.1, -0.05) is 44.2 Å². The van der Waals surface area contributed by atoms with E-state index in [-0.39, 0.29) is 18.2 Å². The zero-order valence-corrected chi connectivity index (χ0v) is 28.7. The summed E-state index contributed by atoms with van der Waals surface area (Å²) in [4.78, 5) is 31.0. The molecule has 4 rings (SSSR count). The zero-order valence-electron chi connectivity index (χ0n) is 28.7. The summed E-state index contributed by atoms with van der Waals surface area (Å²) in [6.45, 7) is 15.1. The molecule has 2 amide bonds. The summed E-state index contributed by atoms with van der Waals surface area (Å²) in [6, 6.07) is 12.6. The second-order valence-corrected chi connectivity index (χ2v) is 14.3. The topological polar surface area (TPSA) is 112 Å². The molecule has 0 spiro atoms. The first-order chi connectivity index (χ1) is 22.3. The van der Waals surface area contributed by atoms with Crippen LogP contribution in [0.3, 0.4) is 0 Å². The second kappa shape index (κ2) is 14.4. The number of nitrogens with zero attached hydrogens (tertiary/aromatic N) is 6. The molecule has 11 nitrogen and oxygen atoms in total. The third kappa shape index (κ3) is 9.38. The summed E-state index contributed by atoms with van der Waals surface area (Å²) < 4.78 is 59.8. The standard InChI is InChI=1S/C34H45F3N6O5/c1-22(2)21-46-27-17-16-25(43-29(34(35,36)37)38-39-40-43)19-24(27)20-42(31(45)48-33(6,7)8)26-15-12-18-41(30(44)47-32(3,4)5)28(26)23-13-10-9-11-14-23/h9-11,13-14,16-17,19,22,26,28H,12,15,18,20-21H2,1-8H3/t26-,28-/m0/s1. The number of alkyl halides is 3. The molecule has 3 aromatic rings. The highest BCUT2D eigenvalue weighted by Gasteiger charge is 2.43. The minimum Gasteiger partial charge on any atom is -0.493 e. The third-order valence-electron chi connectivity index (χ3n) is 7.32. The van der Waals surface area contributed by atoms with E-state index in [2.05, 4.69) is 15.5 Å². The monoisotopic (exact) mass is 674 g/mol. The number of benzene rings is 2. The normalized spacial score (nSPS) is 17.3. The maximum atomic E-state index is 14.2. The number of likely N-dealkylation sites (tertiary alicyclic amines) is 1. The molecule has 1 aliphatic rings. The number of hydrogen-bond donors (Lipinski definition) is 0. The van der Waals surface area contributed by atoms with Crippen molar-refractivity contribution in [2.45, 2.75) is 104 Å². The molecule has 1 aromatic heterocycles. The molecule has 48 heavy (non-hydrogen) atoms. The molecule has 0 radical (unpaired) electrons. The predicted octanol–water partition coefficient (Wildman–Crippen LogP) is 7.59. The molecule has 1 fully saturated rings. The van der Waals surface area contributed by atoms with E-state index in [1.54, 1.807) is 52.5 Å². The van der Waals surface area contributed by atoms with E-state index >= 15 is 0 Å². The van der Waals surface area contributed by atoms with Gasteiger partial charge in [0.1, 0.15) is 17.0 Å². The smallest absolute Gasteiger partial charge is 0.453 e. The van der Waals surface area contributed by atoms with Gasteiger partial charge in [0.2, 0.25) is 0 Å². The molecular weight excluding hydrogens is 629 g/mol. The fraction of sp³-hybridized carbons (Fsp3) is 0.559. The molecule has 1 aliphatic heterocycles. The van der Waals surface area contributed by atoms with Crippen molar-refractivity contribution in [3.63, 3.8) is 0 Å². The van der Waals surface area contributed by atoms with E-state index in [9.17, 15) is 22.8 Å². The summed E-state index contributed by atoms with van der Waals surface area (Å²) in [5, 5.41) is 10.0. The lowest BCUT2D eigenvalue weighted by atomic mass is 9.89. The molecule has 2 heterocycles. The number of rotatable bonds is 8. The number of carbonyl (C=O) groups is 2. The van der Waals surface area contributed by atoms with Gasteiger partial charge in [-0.05, 0) is 94.5 Å². The number of tetrazole rings is 1. The van der Waals surface area contributed by atoms with Crippen LogP contribution in [0, 0.1) is 5.92 Å². The van der Waals surface area contributed by atoms with Crippen molar-refractivity contribution in [2.24, 2.45) is 5.92 Å². The molecule has 0 saturated carbocycles. The summed E-state index contributed by atoms with van der Waals surface area (Å²) in [5.41, 5.74) is -0.407. The number of amides is 2. The average molecular weight is 675 g/mol. The summed E-state index contributed by atoms with van der Waals surface area (Å²) >= 11 is 0. The van der Waals surface area contributed by atoms with Crippen molar-refractivity contribution >= 4 is 12.2 Å². The summed E-state index contributed by atoms with van der Waals surface area (Å²) in [5.74, 6) is -0.782. The lowest BCUT2D eigenvalue weighted by molar-refractivity contribution is -0.146. The maximum absolute atomic E-state index is 14.2. The molecule has 2 aromatic carbocycles. The Balaban J connectivity index is 1.86. The van der Waals surface area contributed by atoms with Crippen molar-refractivity contribution < 1.29 is 37.0 Å². The van der Waals surface area contributed by atoms with Crippen LogP contribution in [0.1, 0.15) is 91.2 Å². The number of halogens is 3. The van der Waals surface area contributed by atoms with Crippen LogP contribution < -0.4 is 4.74 Å². The first-order valence-corrected chi connectivity index (χ1v) is 16.0. The minimum absolute atomic E-state index is 0.0296. The third-order valence-corrected chi connectivity index (χ3v) is 7.32. The van der Waals surface area contributed by atoms with Gasteiger partial charge in [0, 0.05) is 12.1 Å². The number of hydrogen-bond acceptors (Lipinski definition) is 8. The lowest BCUT2D eigenvalue weighted by Gasteiger charge is -2.46. The van der Waals surface area contributed by atoms with Gasteiger partial charge in [-0.15, -0.1) is 5.10 Å². The van der Waals surface area contributed by atoms with Crippen LogP contribution in [0.15, 0.2) is 48.5 Å². The van der Waals surface area contributed by atoms with Gasteiger partial charge >= 0.3 is 18.4 Å². The minimum atomic E-state index is -4.81. The van der Waals surface area contributed by atoms with Crippen LogP contribution in [0.25, 0.3) is 5.69 Å². The molecule has 0 bridgehead atoms. The van der Waals surface area contributed by atoms with Crippen LogP contribution >= 0.6 is 0 Å². The van der Waals surface area contributed by atoms with E-state index in [4.69, 9.17) is 14.2 Å². The number of piperidine rings is 1. The van der Waals surface area contributed by atoms with E-state index in [0.717, 1.165) is 5.56 Å². The van der Waals surface area contributed by atoms with Gasteiger partial charge in [-0.3, -0.25) is 9.80 Å². The average Bonchev–Trinajstić information content (AvgIpc) is 3.48. The van der Waals surface area contributed by atoms with Crippen molar-refractivity contribution in [3.8, 4) is 11.4 Å². The SMILES string of the molecule is CC(C)COc1ccc(-n2nnnc2C(F)(F)F)cc1CN(C(=O)OC(C)(C)C)[C@H]1CCCN(C(=O)OC(C)(C)C)[C@H]1c1ccccc1. The zero-order chi connectivity index (χ0) is 35.4. The summed E-state index contributed by atoms with van der Waals surface area (Å²) in [6.07, 6.45) is -4.92.